The van der Waals surface area contributed by atoms with Crippen LogP contribution in [0.25, 0.3) is 6.08 Å². The molecule has 0 aromatic heterocycles. The van der Waals surface area contributed by atoms with E-state index in [1.807, 2.05) is 0 Å². The highest BCUT2D eigenvalue weighted by atomic mass is 79.9. The minimum absolute atomic E-state index is 0.0509. The first-order valence-corrected chi connectivity index (χ1v) is 9.26. The summed E-state index contributed by atoms with van der Waals surface area (Å²) in [4.78, 5) is 33.9. The van der Waals surface area contributed by atoms with Crippen LogP contribution in [-0.4, -0.2) is 23.9 Å². The third kappa shape index (κ3) is 5.56. The molecule has 0 spiro atoms. The monoisotopic (exact) mass is 493 g/mol. The number of nitro benzene ring substituents is 1. The largest absolute Gasteiger partial charge is 0.493 e. The number of anilines is 1. The van der Waals surface area contributed by atoms with Crippen molar-refractivity contribution in [3.8, 4) is 17.6 Å². The van der Waals surface area contributed by atoms with Gasteiger partial charge < -0.3 is 14.8 Å². The number of hydrogen-bond donors (Lipinski definition) is 1. The number of esters is 1. The van der Waals surface area contributed by atoms with Gasteiger partial charge in [0.25, 0.3) is 11.6 Å². The molecule has 9 nitrogen and oxygen atoms in total. The number of carbonyl (C=O) groups excluding carboxylic acids is 2. The maximum atomic E-state index is 12.5. The number of benzene rings is 2. The molecule has 2 aromatic rings. The molecule has 0 saturated heterocycles. The zero-order valence-corrected chi connectivity index (χ0v) is 17.9. The average molecular weight is 495 g/mol. The lowest BCUT2D eigenvalue weighted by atomic mass is 10.1. The van der Waals surface area contributed by atoms with Gasteiger partial charge in [-0.1, -0.05) is 11.6 Å². The van der Waals surface area contributed by atoms with Crippen LogP contribution in [0.3, 0.4) is 0 Å². The Morgan fingerprint density at radius 2 is 2.03 bits per heavy atom. The molecule has 154 valence electrons. The summed E-state index contributed by atoms with van der Waals surface area (Å²) in [5.74, 6) is -0.952. The molecule has 0 aliphatic rings. The maximum absolute atomic E-state index is 12.5. The molecule has 0 saturated carbocycles. The van der Waals surface area contributed by atoms with Gasteiger partial charge in [0.1, 0.15) is 11.6 Å². The van der Waals surface area contributed by atoms with Gasteiger partial charge in [-0.3, -0.25) is 19.7 Å². The van der Waals surface area contributed by atoms with E-state index in [0.717, 1.165) is 6.07 Å². The van der Waals surface area contributed by atoms with E-state index in [0.29, 0.717) is 10.0 Å². The van der Waals surface area contributed by atoms with E-state index < -0.39 is 16.8 Å². The fourth-order valence-electron chi connectivity index (χ4n) is 2.29. The summed E-state index contributed by atoms with van der Waals surface area (Å²) in [6.45, 7) is 1.24. The number of ether oxygens (including phenoxy) is 2. The molecule has 0 aliphatic heterocycles. The number of nitrogens with one attached hydrogen (secondary N) is 1. The van der Waals surface area contributed by atoms with Crippen LogP contribution in [-0.2, 0) is 9.59 Å². The molecule has 2 aromatic carbocycles. The van der Waals surface area contributed by atoms with Crippen molar-refractivity contribution in [2.45, 2.75) is 6.92 Å². The van der Waals surface area contributed by atoms with E-state index in [1.54, 1.807) is 6.07 Å². The number of non-ortho nitro benzene ring substituents is 1. The normalized spacial score (nSPS) is 10.7. The van der Waals surface area contributed by atoms with Gasteiger partial charge in [-0.2, -0.15) is 5.26 Å². The number of nitriles is 1. The first-order valence-electron chi connectivity index (χ1n) is 8.09. The fourth-order valence-corrected chi connectivity index (χ4v) is 3.05. The summed E-state index contributed by atoms with van der Waals surface area (Å²) in [5, 5.41) is 22.5. The molecule has 0 bridgehead atoms. The van der Waals surface area contributed by atoms with Crippen LogP contribution >= 0.6 is 27.5 Å². The minimum Gasteiger partial charge on any atom is -0.493 e. The summed E-state index contributed by atoms with van der Waals surface area (Å²) in [6.07, 6.45) is 1.29. The third-order valence-corrected chi connectivity index (χ3v) is 4.49. The van der Waals surface area contributed by atoms with Crippen LogP contribution in [0.2, 0.25) is 5.02 Å². The van der Waals surface area contributed by atoms with Crippen LogP contribution in [0.15, 0.2) is 40.4 Å². The zero-order valence-electron chi connectivity index (χ0n) is 15.6. The SMILES string of the molecule is COc1cc(/C=C(\C#N)C(=O)Nc2ccc([N+](=O)[O-])cc2Cl)cc(Br)c1OC(C)=O. The Hall–Kier alpha value is -3.42. The molecule has 0 atom stereocenters. The van der Waals surface area contributed by atoms with Crippen molar-refractivity contribution in [1.29, 1.82) is 5.26 Å². The predicted molar refractivity (Wildman–Crippen MR) is 112 cm³/mol. The molecule has 1 amide bonds. The minimum atomic E-state index is -0.771. The summed E-state index contributed by atoms with van der Waals surface area (Å²) < 4.78 is 10.6. The first kappa shape index (κ1) is 22.9. The molecule has 1 N–H and O–H groups in total. The highest BCUT2D eigenvalue weighted by Gasteiger charge is 2.17. The van der Waals surface area contributed by atoms with E-state index in [-0.39, 0.29) is 33.5 Å². The third-order valence-electron chi connectivity index (χ3n) is 3.59. The molecule has 2 rings (SSSR count). The number of carbonyl (C=O) groups is 2. The van der Waals surface area contributed by atoms with Crippen molar-refractivity contribution in [3.05, 3.63) is 61.1 Å². The Morgan fingerprint density at radius 1 is 1.33 bits per heavy atom. The first-order chi connectivity index (χ1) is 14.2. The maximum Gasteiger partial charge on any atom is 0.308 e. The van der Waals surface area contributed by atoms with E-state index in [2.05, 4.69) is 21.2 Å². The molecule has 0 radical (unpaired) electrons. The summed E-state index contributed by atoms with van der Waals surface area (Å²) in [7, 11) is 1.37. The number of amides is 1. The Labute approximate surface area is 184 Å². The Balaban J connectivity index is 2.34. The number of halogens is 2. The van der Waals surface area contributed by atoms with Crippen molar-refractivity contribution in [2.24, 2.45) is 0 Å². The van der Waals surface area contributed by atoms with Gasteiger partial charge in [0.15, 0.2) is 11.5 Å². The molecule has 30 heavy (non-hydrogen) atoms. The number of rotatable bonds is 6. The lowest BCUT2D eigenvalue weighted by Gasteiger charge is -2.11. The van der Waals surface area contributed by atoms with Crippen molar-refractivity contribution in [1.82, 2.24) is 0 Å². The number of nitrogens with zero attached hydrogens (tertiary/aromatic N) is 2. The molecular weight excluding hydrogens is 482 g/mol. The second-order valence-electron chi connectivity index (χ2n) is 5.67. The summed E-state index contributed by atoms with van der Waals surface area (Å²) in [6, 6.07) is 8.31. The zero-order chi connectivity index (χ0) is 22.4. The Bertz CT molecular complexity index is 1110. The van der Waals surface area contributed by atoms with E-state index in [9.17, 15) is 25.0 Å². The lowest BCUT2D eigenvalue weighted by molar-refractivity contribution is -0.384. The standard InChI is InChI=1S/C19H13BrClN3O6/c1-10(25)30-18-14(20)6-11(7-17(18)29-2)5-12(9-22)19(26)23-16-4-3-13(24(27)28)8-15(16)21/h3-8H,1-2H3,(H,23,26)/b12-5+. The van der Waals surface area contributed by atoms with Crippen LogP contribution in [0, 0.1) is 21.4 Å². The van der Waals surface area contributed by atoms with Gasteiger partial charge >= 0.3 is 5.97 Å². The molecule has 11 heteroatoms. The van der Waals surface area contributed by atoms with Gasteiger partial charge in [0.05, 0.1) is 27.2 Å². The van der Waals surface area contributed by atoms with Gasteiger partial charge in [-0.15, -0.1) is 0 Å². The fraction of sp³-hybridized carbons (Fsp3) is 0.105. The lowest BCUT2D eigenvalue weighted by Crippen LogP contribution is -2.13. The predicted octanol–water partition coefficient (Wildman–Crippen LogP) is 4.49. The van der Waals surface area contributed by atoms with Crippen LogP contribution in [0.4, 0.5) is 11.4 Å². The summed E-state index contributed by atoms with van der Waals surface area (Å²) >= 11 is 9.21. The molecule has 0 unspecified atom stereocenters. The van der Waals surface area contributed by atoms with Gasteiger partial charge in [0, 0.05) is 19.1 Å². The molecular formula is C19H13BrClN3O6. The van der Waals surface area contributed by atoms with Gasteiger partial charge in [0.2, 0.25) is 0 Å². The molecule has 0 aliphatic carbocycles. The van der Waals surface area contributed by atoms with Crippen molar-refractivity contribution in [2.75, 3.05) is 12.4 Å². The van der Waals surface area contributed by atoms with E-state index in [1.165, 1.54) is 44.4 Å². The summed E-state index contributed by atoms with van der Waals surface area (Å²) in [5.41, 5.74) is 0.0194. The van der Waals surface area contributed by atoms with E-state index >= 15 is 0 Å². The van der Waals surface area contributed by atoms with Crippen molar-refractivity contribution < 1.29 is 24.0 Å². The molecule has 0 fully saturated rings. The van der Waals surface area contributed by atoms with Crippen LogP contribution in [0.1, 0.15) is 12.5 Å². The van der Waals surface area contributed by atoms with E-state index in [4.69, 9.17) is 21.1 Å². The number of hydrogen-bond acceptors (Lipinski definition) is 7. The second-order valence-corrected chi connectivity index (χ2v) is 6.93. The topological polar surface area (TPSA) is 132 Å². The highest BCUT2D eigenvalue weighted by Crippen LogP contribution is 2.37. The van der Waals surface area contributed by atoms with Crippen LogP contribution in [0.5, 0.6) is 11.5 Å². The highest BCUT2D eigenvalue weighted by molar-refractivity contribution is 9.10. The second kappa shape index (κ2) is 9.87. The van der Waals surface area contributed by atoms with Crippen molar-refractivity contribution >= 4 is 56.9 Å². The Morgan fingerprint density at radius 3 is 2.57 bits per heavy atom. The number of nitro groups is 1. The number of methoxy groups -OCH3 is 1. The quantitative estimate of drug-likeness (QED) is 0.156. The molecule has 0 heterocycles. The van der Waals surface area contributed by atoms with Gasteiger partial charge in [-0.25, -0.2) is 0 Å². The van der Waals surface area contributed by atoms with Crippen molar-refractivity contribution in [3.63, 3.8) is 0 Å². The van der Waals surface area contributed by atoms with Gasteiger partial charge in [-0.05, 0) is 45.8 Å². The smallest absolute Gasteiger partial charge is 0.308 e. The van der Waals surface area contributed by atoms with Crippen LogP contribution < -0.4 is 14.8 Å². The average Bonchev–Trinajstić information content (AvgIpc) is 2.68. The Kier molecular flexibility index (Phi) is 7.52.